The van der Waals surface area contributed by atoms with Gasteiger partial charge < -0.3 is 4.74 Å². The van der Waals surface area contributed by atoms with Crippen LogP contribution in [0.4, 0.5) is 0 Å². The fraction of sp³-hybridized carbons (Fsp3) is 0.500. The first-order valence-corrected chi connectivity index (χ1v) is 10.7. The molecule has 0 aliphatic heterocycles. The second-order valence-electron chi connectivity index (χ2n) is 6.73. The number of carbonyl (C=O) groups excluding carboxylic acids is 1. The van der Waals surface area contributed by atoms with Gasteiger partial charge in [-0.05, 0) is 31.9 Å². The number of unbranched alkanes of at least 4 members (excludes halogenated alkanes) is 2. The highest BCUT2D eigenvalue weighted by molar-refractivity contribution is 8.00. The number of aromatic nitrogens is 4. The Morgan fingerprint density at radius 1 is 1.18 bits per heavy atom. The molecule has 0 aliphatic carbocycles. The summed E-state index contributed by atoms with van der Waals surface area (Å²) in [4.78, 5) is 25.2. The fourth-order valence-corrected chi connectivity index (χ4v) is 3.91. The number of hydrogen-bond acceptors (Lipinski definition) is 6. The summed E-state index contributed by atoms with van der Waals surface area (Å²) < 4.78 is 8.80. The van der Waals surface area contributed by atoms with Crippen LogP contribution >= 0.6 is 11.8 Å². The maximum Gasteiger partial charge on any atom is 0.319 e. The molecular weight excluding hydrogens is 376 g/mol. The van der Waals surface area contributed by atoms with Crippen molar-refractivity contribution in [1.29, 1.82) is 0 Å². The minimum atomic E-state index is -0.418. The van der Waals surface area contributed by atoms with Crippen molar-refractivity contribution < 1.29 is 9.53 Å². The maximum atomic E-state index is 13.0. The van der Waals surface area contributed by atoms with Gasteiger partial charge in [0.25, 0.3) is 5.56 Å². The summed E-state index contributed by atoms with van der Waals surface area (Å²) in [5.41, 5.74) is 0.689. The molecule has 3 aromatic rings. The standard InChI is InChI=1S/C20H26N4O3S/c1-4-6-9-12-23-17(25)15-10-7-8-11-16(15)24-19(23)21-22-20(24)28-14(3)18(26)27-13-5-2/h7-8,10-11,14H,4-6,9,12-13H2,1-3H3. The highest BCUT2D eigenvalue weighted by Crippen LogP contribution is 2.25. The zero-order valence-electron chi connectivity index (χ0n) is 16.6. The highest BCUT2D eigenvalue weighted by atomic mass is 32.2. The van der Waals surface area contributed by atoms with Crippen molar-refractivity contribution in [1.82, 2.24) is 19.2 Å². The van der Waals surface area contributed by atoms with Crippen LogP contribution in [0.5, 0.6) is 0 Å². The van der Waals surface area contributed by atoms with Crippen LogP contribution in [0.15, 0.2) is 34.2 Å². The van der Waals surface area contributed by atoms with Crippen LogP contribution in [0.1, 0.15) is 46.5 Å². The molecule has 3 rings (SSSR count). The third kappa shape index (κ3) is 4.06. The minimum Gasteiger partial charge on any atom is -0.465 e. The van der Waals surface area contributed by atoms with E-state index in [1.807, 2.05) is 35.6 Å². The second-order valence-corrected chi connectivity index (χ2v) is 8.03. The number of benzene rings is 1. The van der Waals surface area contributed by atoms with Gasteiger partial charge >= 0.3 is 5.97 Å². The Labute approximate surface area is 168 Å². The van der Waals surface area contributed by atoms with Crippen LogP contribution in [0.25, 0.3) is 16.7 Å². The minimum absolute atomic E-state index is 0.0569. The molecule has 0 radical (unpaired) electrons. The number of nitrogens with zero attached hydrogens (tertiary/aromatic N) is 4. The van der Waals surface area contributed by atoms with Gasteiger partial charge in [0, 0.05) is 6.54 Å². The first-order chi connectivity index (χ1) is 13.6. The molecule has 7 nitrogen and oxygen atoms in total. The number of esters is 1. The highest BCUT2D eigenvalue weighted by Gasteiger charge is 2.22. The zero-order chi connectivity index (χ0) is 20.1. The van der Waals surface area contributed by atoms with E-state index in [2.05, 4.69) is 17.1 Å². The summed E-state index contributed by atoms with van der Waals surface area (Å²) in [7, 11) is 0. The lowest BCUT2D eigenvalue weighted by atomic mass is 10.2. The number of fused-ring (bicyclic) bond motifs is 3. The number of thioether (sulfide) groups is 1. The van der Waals surface area contributed by atoms with E-state index in [9.17, 15) is 9.59 Å². The molecule has 0 saturated carbocycles. The Morgan fingerprint density at radius 3 is 2.71 bits per heavy atom. The molecule has 0 fully saturated rings. The number of ether oxygens (including phenoxy) is 1. The molecule has 1 atom stereocenters. The van der Waals surface area contributed by atoms with Gasteiger partial charge in [0.1, 0.15) is 5.25 Å². The van der Waals surface area contributed by atoms with E-state index in [4.69, 9.17) is 4.74 Å². The average Bonchev–Trinajstić information content (AvgIpc) is 3.12. The summed E-state index contributed by atoms with van der Waals surface area (Å²) in [6.45, 7) is 6.88. The van der Waals surface area contributed by atoms with E-state index in [-0.39, 0.29) is 11.5 Å². The summed E-state index contributed by atoms with van der Waals surface area (Å²) in [5, 5.41) is 9.35. The number of para-hydroxylation sites is 1. The first-order valence-electron chi connectivity index (χ1n) is 9.78. The second kappa shape index (κ2) is 9.23. The van der Waals surface area contributed by atoms with Crippen molar-refractivity contribution in [3.63, 3.8) is 0 Å². The van der Waals surface area contributed by atoms with E-state index in [1.165, 1.54) is 11.8 Å². The van der Waals surface area contributed by atoms with Crippen LogP contribution in [0.2, 0.25) is 0 Å². The first kappa shape index (κ1) is 20.4. The van der Waals surface area contributed by atoms with Gasteiger partial charge in [-0.25, -0.2) is 0 Å². The van der Waals surface area contributed by atoms with Gasteiger partial charge in [-0.15, -0.1) is 10.2 Å². The Hall–Kier alpha value is -2.35. The molecule has 1 aromatic carbocycles. The molecule has 28 heavy (non-hydrogen) atoms. The molecular formula is C20H26N4O3S. The fourth-order valence-electron chi connectivity index (χ4n) is 3.06. The van der Waals surface area contributed by atoms with Crippen LogP contribution in [0, 0.1) is 0 Å². The zero-order valence-corrected chi connectivity index (χ0v) is 17.4. The number of aryl methyl sites for hydroxylation is 1. The molecule has 1 unspecified atom stereocenters. The van der Waals surface area contributed by atoms with Crippen molar-refractivity contribution in [3.05, 3.63) is 34.6 Å². The molecule has 0 N–H and O–H groups in total. The van der Waals surface area contributed by atoms with Crippen molar-refractivity contribution in [2.75, 3.05) is 6.61 Å². The van der Waals surface area contributed by atoms with Crippen LogP contribution in [-0.2, 0) is 16.1 Å². The van der Waals surface area contributed by atoms with Crippen molar-refractivity contribution >= 4 is 34.4 Å². The lowest BCUT2D eigenvalue weighted by Gasteiger charge is -2.12. The number of hydrogen-bond donors (Lipinski definition) is 0. The smallest absolute Gasteiger partial charge is 0.319 e. The van der Waals surface area contributed by atoms with Crippen LogP contribution in [0.3, 0.4) is 0 Å². The quantitative estimate of drug-likeness (QED) is 0.309. The summed E-state index contributed by atoms with van der Waals surface area (Å²) >= 11 is 1.30. The monoisotopic (exact) mass is 402 g/mol. The molecule has 0 bridgehead atoms. The summed E-state index contributed by atoms with van der Waals surface area (Å²) in [6.07, 6.45) is 3.80. The predicted molar refractivity (Wildman–Crippen MR) is 111 cm³/mol. The lowest BCUT2D eigenvalue weighted by Crippen LogP contribution is -2.23. The Kier molecular flexibility index (Phi) is 6.72. The molecule has 0 saturated heterocycles. The van der Waals surface area contributed by atoms with Crippen LogP contribution < -0.4 is 5.56 Å². The van der Waals surface area contributed by atoms with Crippen molar-refractivity contribution in [2.45, 2.75) is 63.4 Å². The van der Waals surface area contributed by atoms with E-state index in [1.54, 1.807) is 11.5 Å². The topological polar surface area (TPSA) is 78.5 Å². The number of rotatable bonds is 9. The Morgan fingerprint density at radius 2 is 1.96 bits per heavy atom. The molecule has 0 amide bonds. The summed E-state index contributed by atoms with van der Waals surface area (Å²) in [5.74, 6) is 0.237. The molecule has 150 valence electrons. The van der Waals surface area contributed by atoms with Gasteiger partial charge in [0.2, 0.25) is 5.78 Å². The van der Waals surface area contributed by atoms with Crippen LogP contribution in [-0.4, -0.2) is 37.0 Å². The van der Waals surface area contributed by atoms with E-state index in [0.29, 0.717) is 29.5 Å². The van der Waals surface area contributed by atoms with E-state index in [0.717, 1.165) is 31.2 Å². The van der Waals surface area contributed by atoms with Crippen molar-refractivity contribution in [3.8, 4) is 0 Å². The summed E-state index contributed by atoms with van der Waals surface area (Å²) in [6, 6.07) is 7.44. The average molecular weight is 403 g/mol. The molecule has 8 heteroatoms. The largest absolute Gasteiger partial charge is 0.465 e. The molecule has 2 aromatic heterocycles. The third-order valence-corrected chi connectivity index (χ3v) is 5.55. The van der Waals surface area contributed by atoms with Gasteiger partial charge in [-0.3, -0.25) is 18.6 Å². The number of carbonyl (C=O) groups is 1. The van der Waals surface area contributed by atoms with E-state index < -0.39 is 5.25 Å². The predicted octanol–water partition coefficient (Wildman–Crippen LogP) is 3.67. The van der Waals surface area contributed by atoms with Gasteiger partial charge in [-0.2, -0.15) is 0 Å². The Balaban J connectivity index is 2.06. The third-order valence-electron chi connectivity index (χ3n) is 4.53. The molecule has 2 heterocycles. The maximum absolute atomic E-state index is 13.0. The van der Waals surface area contributed by atoms with Crippen molar-refractivity contribution in [2.24, 2.45) is 0 Å². The van der Waals surface area contributed by atoms with Gasteiger partial charge in [0.15, 0.2) is 5.16 Å². The van der Waals surface area contributed by atoms with E-state index >= 15 is 0 Å². The normalized spacial score (nSPS) is 12.5. The SMILES string of the molecule is CCCCCn1c(=O)c2ccccc2n2c(SC(C)C(=O)OCCC)nnc12. The molecule has 0 aliphatic rings. The van der Waals surface area contributed by atoms with Gasteiger partial charge in [0.05, 0.1) is 17.5 Å². The molecule has 0 spiro atoms. The van der Waals surface area contributed by atoms with Gasteiger partial charge in [-0.1, -0.05) is 50.6 Å². The Bertz CT molecular complexity index is 1030. The lowest BCUT2D eigenvalue weighted by molar-refractivity contribution is -0.142.